The number of halogens is 1. The summed E-state index contributed by atoms with van der Waals surface area (Å²) >= 11 is 6.32. The zero-order valence-electron chi connectivity index (χ0n) is 15.9. The highest BCUT2D eigenvalue weighted by molar-refractivity contribution is 7.92. The largest absolute Gasteiger partial charge is 0.342 e. The summed E-state index contributed by atoms with van der Waals surface area (Å²) in [4.78, 5) is 20.4. The molecular formula is C20H21ClN4O3S. The smallest absolute Gasteiger partial charge is 0.253 e. The molecule has 0 aliphatic carbocycles. The number of nitrogens with one attached hydrogen (secondary N) is 2. The lowest BCUT2D eigenvalue weighted by molar-refractivity contribution is 0.0938. The van der Waals surface area contributed by atoms with E-state index in [0.717, 1.165) is 17.5 Å². The molecule has 2 N–H and O–H groups in total. The fourth-order valence-corrected chi connectivity index (χ4v) is 5.33. The molecule has 1 aliphatic heterocycles. The van der Waals surface area contributed by atoms with Crippen molar-refractivity contribution in [3.8, 4) is 0 Å². The highest BCUT2D eigenvalue weighted by Crippen LogP contribution is 2.28. The van der Waals surface area contributed by atoms with Gasteiger partial charge in [0, 0.05) is 6.54 Å². The summed E-state index contributed by atoms with van der Waals surface area (Å²) in [5.41, 5.74) is 2.49. The van der Waals surface area contributed by atoms with Crippen LogP contribution in [0.2, 0.25) is 5.02 Å². The van der Waals surface area contributed by atoms with E-state index in [1.165, 1.54) is 10.4 Å². The molecule has 1 atom stereocenters. The van der Waals surface area contributed by atoms with Crippen molar-refractivity contribution in [1.82, 2.24) is 15.3 Å². The summed E-state index contributed by atoms with van der Waals surface area (Å²) in [6.07, 6.45) is 1.46. The predicted octanol–water partition coefficient (Wildman–Crippen LogP) is 3.64. The number of benzene rings is 2. The van der Waals surface area contributed by atoms with E-state index in [1.807, 2.05) is 31.2 Å². The van der Waals surface area contributed by atoms with Gasteiger partial charge in [-0.3, -0.25) is 9.10 Å². The summed E-state index contributed by atoms with van der Waals surface area (Å²) in [5, 5.41) is 3.09. The van der Waals surface area contributed by atoms with Crippen molar-refractivity contribution < 1.29 is 13.2 Å². The van der Waals surface area contributed by atoms with E-state index in [9.17, 15) is 13.2 Å². The minimum Gasteiger partial charge on any atom is -0.342 e. The lowest BCUT2D eigenvalue weighted by Crippen LogP contribution is -2.37. The molecule has 2 heterocycles. The molecule has 0 saturated carbocycles. The van der Waals surface area contributed by atoms with Gasteiger partial charge in [0.15, 0.2) is 0 Å². The highest BCUT2D eigenvalue weighted by atomic mass is 35.5. The number of imidazole rings is 1. The number of aromatic amines is 1. The van der Waals surface area contributed by atoms with Crippen LogP contribution in [0.1, 0.15) is 42.0 Å². The van der Waals surface area contributed by atoms with Crippen LogP contribution in [0.25, 0.3) is 11.0 Å². The number of nitrogens with zero attached hydrogens (tertiary/aromatic N) is 2. The standard InChI is InChI=1S/C20H21ClN4O3S/c1-13(19-23-17-6-2-3-7-18(17)24-19)22-20(26)15-9-8-14(12-16(15)21)25-10-4-5-11-29(25,27)28/h2-3,6-9,12-13H,4-5,10-11H2,1H3,(H,22,26)(H,23,24). The van der Waals surface area contributed by atoms with Crippen molar-refractivity contribution in [3.05, 3.63) is 58.9 Å². The van der Waals surface area contributed by atoms with Crippen LogP contribution in [-0.2, 0) is 10.0 Å². The summed E-state index contributed by atoms with van der Waals surface area (Å²) in [5.74, 6) is 0.421. The number of fused-ring (bicyclic) bond motifs is 1. The van der Waals surface area contributed by atoms with Crippen molar-refractivity contribution in [3.63, 3.8) is 0 Å². The second-order valence-corrected chi connectivity index (χ2v) is 9.51. The number of H-pyrrole nitrogens is 1. The van der Waals surface area contributed by atoms with Crippen molar-refractivity contribution in [2.75, 3.05) is 16.6 Å². The molecule has 0 spiro atoms. The lowest BCUT2D eigenvalue weighted by Gasteiger charge is -2.28. The van der Waals surface area contributed by atoms with Crippen LogP contribution in [-0.4, -0.2) is 36.6 Å². The topological polar surface area (TPSA) is 95.2 Å². The molecule has 9 heteroatoms. The molecular weight excluding hydrogens is 412 g/mol. The molecule has 7 nitrogen and oxygen atoms in total. The number of para-hydroxylation sites is 2. The van der Waals surface area contributed by atoms with E-state index >= 15 is 0 Å². The fraction of sp³-hybridized carbons (Fsp3) is 0.300. The summed E-state index contributed by atoms with van der Waals surface area (Å²) in [7, 11) is -3.33. The maximum absolute atomic E-state index is 12.7. The molecule has 1 saturated heterocycles. The number of anilines is 1. The fourth-order valence-electron chi connectivity index (χ4n) is 3.44. The molecule has 0 radical (unpaired) electrons. The maximum Gasteiger partial charge on any atom is 0.253 e. The Balaban J connectivity index is 1.52. The SMILES string of the molecule is CC(NC(=O)c1ccc(N2CCCCS2(=O)=O)cc1Cl)c1nc2ccccc2[nH]1. The van der Waals surface area contributed by atoms with Crippen molar-refractivity contribution in [1.29, 1.82) is 0 Å². The van der Waals surface area contributed by atoms with Gasteiger partial charge < -0.3 is 10.3 Å². The van der Waals surface area contributed by atoms with Crippen LogP contribution in [0, 0.1) is 0 Å². The Kier molecular flexibility index (Phi) is 5.23. The number of amides is 1. The van der Waals surface area contributed by atoms with Crippen LogP contribution in [0.5, 0.6) is 0 Å². The normalized spacial score (nSPS) is 17.2. The number of rotatable bonds is 4. The summed E-state index contributed by atoms with van der Waals surface area (Å²) in [6.45, 7) is 2.26. The Labute approximate surface area is 174 Å². The minimum absolute atomic E-state index is 0.127. The van der Waals surface area contributed by atoms with Crippen LogP contribution in [0.4, 0.5) is 5.69 Å². The second kappa shape index (κ2) is 7.68. The van der Waals surface area contributed by atoms with Gasteiger partial charge >= 0.3 is 0 Å². The van der Waals surface area contributed by atoms with Crippen molar-refractivity contribution in [2.45, 2.75) is 25.8 Å². The monoisotopic (exact) mass is 432 g/mol. The van der Waals surface area contributed by atoms with Crippen molar-refractivity contribution in [2.24, 2.45) is 0 Å². The number of hydrogen-bond acceptors (Lipinski definition) is 4. The zero-order valence-corrected chi connectivity index (χ0v) is 17.4. The third-order valence-electron chi connectivity index (χ3n) is 5.00. The molecule has 1 amide bonds. The third-order valence-corrected chi connectivity index (χ3v) is 7.18. The molecule has 2 aromatic carbocycles. The first-order valence-corrected chi connectivity index (χ1v) is 11.4. The van der Waals surface area contributed by atoms with E-state index < -0.39 is 10.0 Å². The van der Waals surface area contributed by atoms with E-state index in [0.29, 0.717) is 24.5 Å². The van der Waals surface area contributed by atoms with Crippen molar-refractivity contribution >= 4 is 44.3 Å². The number of sulfonamides is 1. The number of aromatic nitrogens is 2. The minimum atomic E-state index is -3.33. The first-order chi connectivity index (χ1) is 13.8. The number of hydrogen-bond donors (Lipinski definition) is 2. The molecule has 29 heavy (non-hydrogen) atoms. The highest BCUT2D eigenvalue weighted by Gasteiger charge is 2.27. The van der Waals surface area contributed by atoms with Gasteiger partial charge in [-0.2, -0.15) is 0 Å². The van der Waals surface area contributed by atoms with Gasteiger partial charge in [-0.1, -0.05) is 23.7 Å². The molecule has 0 bridgehead atoms. The van der Waals surface area contributed by atoms with E-state index in [2.05, 4.69) is 15.3 Å². The quantitative estimate of drug-likeness (QED) is 0.658. The lowest BCUT2D eigenvalue weighted by atomic mass is 10.1. The van der Waals surface area contributed by atoms with Gasteiger partial charge in [-0.25, -0.2) is 13.4 Å². The molecule has 1 unspecified atom stereocenters. The third kappa shape index (κ3) is 3.95. The molecule has 1 fully saturated rings. The van der Waals surface area contributed by atoms with Crippen LogP contribution in [0.15, 0.2) is 42.5 Å². The molecule has 1 aliphatic rings. The van der Waals surface area contributed by atoms with E-state index in [4.69, 9.17) is 11.6 Å². The number of carbonyl (C=O) groups excluding carboxylic acids is 1. The van der Waals surface area contributed by atoms with E-state index in [-0.39, 0.29) is 28.3 Å². The molecule has 1 aromatic heterocycles. The average molecular weight is 433 g/mol. The van der Waals surface area contributed by atoms with Gasteiger partial charge in [0.1, 0.15) is 5.82 Å². The molecule has 152 valence electrons. The Morgan fingerprint density at radius 3 is 2.76 bits per heavy atom. The Hall–Kier alpha value is -2.58. The average Bonchev–Trinajstić information content (AvgIpc) is 3.12. The zero-order chi connectivity index (χ0) is 20.6. The molecule has 3 aromatic rings. The Bertz CT molecular complexity index is 1140. The van der Waals surface area contributed by atoms with Gasteiger partial charge in [0.25, 0.3) is 5.91 Å². The second-order valence-electron chi connectivity index (χ2n) is 7.09. The van der Waals surface area contributed by atoms with Crippen LogP contribution in [0.3, 0.4) is 0 Å². The van der Waals surface area contributed by atoms with Gasteiger partial charge in [0.2, 0.25) is 10.0 Å². The Morgan fingerprint density at radius 1 is 1.24 bits per heavy atom. The molecule has 4 rings (SSSR count). The van der Waals surface area contributed by atoms with Crippen LogP contribution >= 0.6 is 11.6 Å². The first kappa shape index (κ1) is 19.7. The predicted molar refractivity (Wildman–Crippen MR) is 114 cm³/mol. The van der Waals surface area contributed by atoms with Gasteiger partial charge in [0.05, 0.1) is 39.1 Å². The van der Waals surface area contributed by atoms with E-state index in [1.54, 1.807) is 12.1 Å². The summed E-state index contributed by atoms with van der Waals surface area (Å²) in [6, 6.07) is 12.0. The first-order valence-electron chi connectivity index (χ1n) is 9.40. The van der Waals surface area contributed by atoms with Gasteiger partial charge in [-0.05, 0) is 50.1 Å². The van der Waals surface area contributed by atoms with Crippen LogP contribution < -0.4 is 9.62 Å². The number of carbonyl (C=O) groups is 1. The Morgan fingerprint density at radius 2 is 2.03 bits per heavy atom. The summed E-state index contributed by atoms with van der Waals surface area (Å²) < 4.78 is 25.9. The van der Waals surface area contributed by atoms with Gasteiger partial charge in [-0.15, -0.1) is 0 Å². The maximum atomic E-state index is 12.7.